The average molecular weight is 326 g/mol. The van der Waals surface area contributed by atoms with Crippen LogP contribution in [0.3, 0.4) is 0 Å². The average Bonchev–Trinajstić information content (AvgIpc) is 2.76. The first-order valence-electron chi connectivity index (χ1n) is 6.27. The Morgan fingerprint density at radius 1 is 1.24 bits per heavy atom. The number of imide groups is 1. The summed E-state index contributed by atoms with van der Waals surface area (Å²) in [5.41, 5.74) is 5.93. The van der Waals surface area contributed by atoms with Crippen molar-refractivity contribution in [3.63, 3.8) is 0 Å². The molecule has 0 bridgehead atoms. The number of nitrogens with two attached hydrogens (primary N) is 1. The van der Waals surface area contributed by atoms with Gasteiger partial charge in [0.15, 0.2) is 9.84 Å². The molecule has 0 radical (unpaired) electrons. The fourth-order valence-corrected chi connectivity index (χ4v) is 3.42. The lowest BCUT2D eigenvalue weighted by Crippen LogP contribution is -2.33. The minimum Gasteiger partial charge on any atom is -0.389 e. The highest BCUT2D eigenvalue weighted by molar-refractivity contribution is 7.91. The summed E-state index contributed by atoms with van der Waals surface area (Å²) in [5, 5.41) is 0. The van der Waals surface area contributed by atoms with Gasteiger partial charge in [-0.05, 0) is 12.1 Å². The van der Waals surface area contributed by atoms with Crippen LogP contribution in [0.1, 0.15) is 18.4 Å². The van der Waals surface area contributed by atoms with Crippen LogP contribution < -0.4 is 5.73 Å². The fraction of sp³-hybridized carbons (Fsp3) is 0.308. The summed E-state index contributed by atoms with van der Waals surface area (Å²) in [7, 11) is -3.61. The summed E-state index contributed by atoms with van der Waals surface area (Å²) in [6, 6.07) is 6.00. The third-order valence-corrected chi connectivity index (χ3v) is 5.14. The van der Waals surface area contributed by atoms with Crippen LogP contribution in [-0.2, 0) is 19.4 Å². The van der Waals surface area contributed by atoms with E-state index in [9.17, 15) is 18.0 Å². The molecule has 2 N–H and O–H groups in total. The summed E-state index contributed by atoms with van der Waals surface area (Å²) in [6.45, 7) is -0.128. The number of thiocarbonyl (C=S) groups is 1. The standard InChI is InChI=1S/C13H14N2O4S2/c14-13(20)9-2-1-3-10(8-9)21(18,19)7-6-15-11(16)4-5-12(15)17/h1-3,8H,4-7H2,(H2,14,20). The normalized spacial score (nSPS) is 15.5. The Labute approximate surface area is 127 Å². The first-order valence-corrected chi connectivity index (χ1v) is 8.33. The third-order valence-electron chi connectivity index (χ3n) is 3.22. The van der Waals surface area contributed by atoms with Gasteiger partial charge in [0.05, 0.1) is 10.6 Å². The molecule has 8 heteroatoms. The zero-order valence-corrected chi connectivity index (χ0v) is 12.7. The van der Waals surface area contributed by atoms with E-state index in [0.717, 1.165) is 4.90 Å². The van der Waals surface area contributed by atoms with Gasteiger partial charge in [-0.15, -0.1) is 0 Å². The minimum atomic E-state index is -3.61. The Morgan fingerprint density at radius 2 is 1.86 bits per heavy atom. The minimum absolute atomic E-state index is 0.0758. The van der Waals surface area contributed by atoms with Gasteiger partial charge in [0, 0.05) is 24.9 Å². The second-order valence-corrected chi connectivity index (χ2v) is 7.20. The van der Waals surface area contributed by atoms with Crippen molar-refractivity contribution in [3.05, 3.63) is 29.8 Å². The number of sulfone groups is 1. The van der Waals surface area contributed by atoms with Crippen LogP contribution in [0.5, 0.6) is 0 Å². The number of carbonyl (C=O) groups excluding carboxylic acids is 2. The number of hydrogen-bond donors (Lipinski definition) is 1. The highest BCUT2D eigenvalue weighted by atomic mass is 32.2. The maximum Gasteiger partial charge on any atom is 0.229 e. The quantitative estimate of drug-likeness (QED) is 0.615. The monoisotopic (exact) mass is 326 g/mol. The maximum absolute atomic E-state index is 12.2. The number of hydrogen-bond acceptors (Lipinski definition) is 5. The zero-order chi connectivity index (χ0) is 15.6. The van der Waals surface area contributed by atoms with E-state index in [1.54, 1.807) is 12.1 Å². The van der Waals surface area contributed by atoms with Crippen molar-refractivity contribution in [3.8, 4) is 0 Å². The molecular weight excluding hydrogens is 312 g/mol. The molecule has 0 unspecified atom stereocenters. The molecule has 1 heterocycles. The first-order chi connectivity index (χ1) is 9.81. The lowest BCUT2D eigenvalue weighted by molar-refractivity contribution is -0.137. The Hall–Kier alpha value is -1.80. The van der Waals surface area contributed by atoms with Crippen LogP contribution in [0.4, 0.5) is 0 Å². The van der Waals surface area contributed by atoms with E-state index in [1.807, 2.05) is 0 Å². The van der Waals surface area contributed by atoms with E-state index in [4.69, 9.17) is 18.0 Å². The second kappa shape index (κ2) is 5.90. The van der Waals surface area contributed by atoms with E-state index >= 15 is 0 Å². The van der Waals surface area contributed by atoms with Gasteiger partial charge < -0.3 is 5.73 Å². The molecule has 1 aliphatic heterocycles. The second-order valence-electron chi connectivity index (χ2n) is 4.65. The van der Waals surface area contributed by atoms with E-state index < -0.39 is 9.84 Å². The Bertz CT molecular complexity index is 697. The molecule has 112 valence electrons. The number of benzene rings is 1. The molecule has 0 atom stereocenters. The molecule has 1 aromatic rings. The molecule has 2 rings (SSSR count). The summed E-state index contributed by atoms with van der Waals surface area (Å²) in [6.07, 6.45) is 0.297. The lowest BCUT2D eigenvalue weighted by Gasteiger charge is -2.14. The van der Waals surface area contributed by atoms with Crippen molar-refractivity contribution in [2.45, 2.75) is 17.7 Å². The summed E-state index contributed by atoms with van der Waals surface area (Å²) >= 11 is 4.81. The largest absolute Gasteiger partial charge is 0.389 e. The van der Waals surface area contributed by atoms with Crippen molar-refractivity contribution in [1.82, 2.24) is 4.90 Å². The van der Waals surface area contributed by atoms with Gasteiger partial charge in [-0.1, -0.05) is 24.4 Å². The Balaban J connectivity index is 2.15. The van der Waals surface area contributed by atoms with Crippen molar-refractivity contribution in [2.75, 3.05) is 12.3 Å². The molecule has 6 nitrogen and oxygen atoms in total. The van der Waals surface area contributed by atoms with Crippen LogP contribution in [0, 0.1) is 0 Å². The van der Waals surface area contributed by atoms with Gasteiger partial charge in [0.1, 0.15) is 4.99 Å². The molecule has 1 aromatic carbocycles. The predicted octanol–water partition coefficient (Wildman–Crippen LogP) is 0.243. The molecule has 0 aliphatic carbocycles. The molecule has 0 aromatic heterocycles. The SMILES string of the molecule is NC(=S)c1cccc(S(=O)(=O)CCN2C(=O)CCC2=O)c1. The molecule has 1 fully saturated rings. The van der Waals surface area contributed by atoms with Crippen LogP contribution in [0.25, 0.3) is 0 Å². The van der Waals surface area contributed by atoms with E-state index in [-0.39, 0.29) is 46.8 Å². The smallest absolute Gasteiger partial charge is 0.229 e. The molecule has 0 spiro atoms. The van der Waals surface area contributed by atoms with Crippen molar-refractivity contribution in [1.29, 1.82) is 0 Å². The Morgan fingerprint density at radius 3 is 2.43 bits per heavy atom. The number of likely N-dealkylation sites (tertiary alicyclic amines) is 1. The Kier molecular flexibility index (Phi) is 4.38. The lowest BCUT2D eigenvalue weighted by atomic mass is 10.2. The third kappa shape index (κ3) is 3.45. The van der Waals surface area contributed by atoms with Crippen molar-refractivity contribution in [2.24, 2.45) is 5.73 Å². The summed E-state index contributed by atoms with van der Waals surface area (Å²) in [5.74, 6) is -0.968. The van der Waals surface area contributed by atoms with Crippen LogP contribution in [0.15, 0.2) is 29.2 Å². The maximum atomic E-state index is 12.2. The van der Waals surface area contributed by atoms with E-state index in [1.165, 1.54) is 12.1 Å². The predicted molar refractivity (Wildman–Crippen MR) is 80.3 cm³/mol. The van der Waals surface area contributed by atoms with E-state index in [2.05, 4.69) is 0 Å². The molecule has 2 amide bonds. The van der Waals surface area contributed by atoms with Crippen LogP contribution in [-0.4, -0.2) is 42.4 Å². The molecule has 1 aliphatic rings. The zero-order valence-electron chi connectivity index (χ0n) is 11.1. The fourth-order valence-electron chi connectivity index (χ4n) is 2.04. The van der Waals surface area contributed by atoms with Gasteiger partial charge in [0.25, 0.3) is 0 Å². The van der Waals surface area contributed by atoms with Gasteiger partial charge in [-0.3, -0.25) is 14.5 Å². The number of carbonyl (C=O) groups is 2. The van der Waals surface area contributed by atoms with E-state index in [0.29, 0.717) is 5.56 Å². The molecule has 1 saturated heterocycles. The van der Waals surface area contributed by atoms with Crippen LogP contribution in [0.2, 0.25) is 0 Å². The van der Waals surface area contributed by atoms with Gasteiger partial charge in [-0.2, -0.15) is 0 Å². The molecule has 0 saturated carbocycles. The molecule has 21 heavy (non-hydrogen) atoms. The first kappa shape index (κ1) is 15.6. The number of amides is 2. The highest BCUT2D eigenvalue weighted by Gasteiger charge is 2.30. The summed E-state index contributed by atoms with van der Waals surface area (Å²) in [4.78, 5) is 24.1. The molecular formula is C13H14N2O4S2. The van der Waals surface area contributed by atoms with Gasteiger partial charge in [-0.25, -0.2) is 8.42 Å². The van der Waals surface area contributed by atoms with Crippen LogP contribution >= 0.6 is 12.2 Å². The number of nitrogens with zero attached hydrogens (tertiary/aromatic N) is 1. The van der Waals surface area contributed by atoms with Gasteiger partial charge >= 0.3 is 0 Å². The van der Waals surface area contributed by atoms with Crippen molar-refractivity contribution < 1.29 is 18.0 Å². The topological polar surface area (TPSA) is 97.5 Å². The number of rotatable bonds is 5. The summed E-state index contributed by atoms with van der Waals surface area (Å²) < 4.78 is 24.5. The van der Waals surface area contributed by atoms with Crippen molar-refractivity contribution >= 4 is 38.9 Å². The van der Waals surface area contributed by atoms with Gasteiger partial charge in [0.2, 0.25) is 11.8 Å². The highest BCUT2D eigenvalue weighted by Crippen LogP contribution is 2.16.